The molecule has 168 valence electrons. The maximum absolute atomic E-state index is 11.3. The van der Waals surface area contributed by atoms with Gasteiger partial charge in [-0.1, -0.05) is 47.7 Å². The van der Waals surface area contributed by atoms with Gasteiger partial charge < -0.3 is 10.1 Å². The van der Waals surface area contributed by atoms with Crippen molar-refractivity contribution in [1.82, 2.24) is 25.0 Å². The number of hydrogen-bond donors (Lipinski definition) is 1. The van der Waals surface area contributed by atoms with Gasteiger partial charge in [-0.3, -0.25) is 10.1 Å². The predicted octanol–water partition coefficient (Wildman–Crippen LogP) is 4.31. The molecule has 0 unspecified atom stereocenters. The van der Waals surface area contributed by atoms with Gasteiger partial charge in [0.15, 0.2) is 0 Å². The Morgan fingerprint density at radius 1 is 1.00 bits per heavy atom. The summed E-state index contributed by atoms with van der Waals surface area (Å²) >= 11 is 0. The first-order valence-corrected chi connectivity index (χ1v) is 10.5. The number of benzene rings is 3. The monoisotopic (exact) mass is 453 g/mol. The van der Waals surface area contributed by atoms with Gasteiger partial charge in [0.25, 0.3) is 5.69 Å². The van der Waals surface area contributed by atoms with Crippen molar-refractivity contribution in [3.05, 3.63) is 107 Å². The molecular formula is C24H19N7O3. The topological polar surface area (TPSA) is 121 Å². The Bertz CT molecular complexity index is 1450. The lowest BCUT2D eigenvalue weighted by atomic mass is 10.2. The molecule has 0 fully saturated rings. The summed E-state index contributed by atoms with van der Waals surface area (Å²) < 4.78 is 7.28. The van der Waals surface area contributed by atoms with Gasteiger partial charge in [-0.05, 0) is 29.8 Å². The van der Waals surface area contributed by atoms with Crippen LogP contribution in [0.3, 0.4) is 0 Å². The van der Waals surface area contributed by atoms with Gasteiger partial charge in [0.2, 0.25) is 0 Å². The second-order valence-corrected chi connectivity index (χ2v) is 7.43. The summed E-state index contributed by atoms with van der Waals surface area (Å²) in [6, 6.07) is 22.0. The Morgan fingerprint density at radius 2 is 1.82 bits per heavy atom. The standard InChI is InChI=1S/C24H19N7O3/c32-31(33)23-9-5-4-8-22(23)30-14-18(28-29-30)15-34-19-10-11-21-20(12-19)24(27-16-26-21)25-13-17-6-2-1-3-7-17/h1-12,14,16H,13,15H2,(H,25,26,27). The average Bonchev–Trinajstić information content (AvgIpc) is 3.35. The largest absolute Gasteiger partial charge is 0.487 e. The van der Waals surface area contributed by atoms with E-state index in [1.54, 1.807) is 24.4 Å². The fourth-order valence-electron chi connectivity index (χ4n) is 3.50. The van der Waals surface area contributed by atoms with Gasteiger partial charge >= 0.3 is 0 Å². The van der Waals surface area contributed by atoms with Crippen molar-refractivity contribution in [3.63, 3.8) is 0 Å². The lowest BCUT2D eigenvalue weighted by Gasteiger charge is -2.10. The number of nitrogens with zero attached hydrogens (tertiary/aromatic N) is 6. The van der Waals surface area contributed by atoms with Crippen molar-refractivity contribution in [1.29, 1.82) is 0 Å². The molecule has 0 aliphatic rings. The number of para-hydroxylation sites is 2. The molecular weight excluding hydrogens is 434 g/mol. The third-order valence-electron chi connectivity index (χ3n) is 5.16. The predicted molar refractivity (Wildman–Crippen MR) is 126 cm³/mol. The first-order valence-electron chi connectivity index (χ1n) is 10.5. The number of fused-ring (bicyclic) bond motifs is 1. The van der Waals surface area contributed by atoms with Crippen molar-refractivity contribution in [2.45, 2.75) is 13.2 Å². The van der Waals surface area contributed by atoms with E-state index in [-0.39, 0.29) is 12.3 Å². The van der Waals surface area contributed by atoms with Gasteiger partial charge in [0.1, 0.15) is 35.9 Å². The molecule has 10 heteroatoms. The lowest BCUT2D eigenvalue weighted by molar-refractivity contribution is -0.384. The van der Waals surface area contributed by atoms with Crippen molar-refractivity contribution >= 4 is 22.4 Å². The van der Waals surface area contributed by atoms with E-state index in [1.807, 2.05) is 48.5 Å². The fraction of sp³-hybridized carbons (Fsp3) is 0.0833. The summed E-state index contributed by atoms with van der Waals surface area (Å²) in [6.45, 7) is 0.777. The SMILES string of the molecule is O=[N+]([O-])c1ccccc1-n1cc(COc2ccc3ncnc(NCc4ccccc4)c3c2)nn1. The molecule has 10 nitrogen and oxygen atoms in total. The van der Waals surface area contributed by atoms with Gasteiger partial charge in [-0.2, -0.15) is 0 Å². The van der Waals surface area contributed by atoms with E-state index >= 15 is 0 Å². The molecule has 2 heterocycles. The molecule has 0 radical (unpaired) electrons. The van der Waals surface area contributed by atoms with Crippen LogP contribution in [0.15, 0.2) is 85.3 Å². The first kappa shape index (κ1) is 21.0. The maximum atomic E-state index is 11.3. The number of nitro benzene ring substituents is 1. The highest BCUT2D eigenvalue weighted by molar-refractivity contribution is 5.89. The molecule has 2 aromatic heterocycles. The number of rotatable bonds is 8. The lowest BCUT2D eigenvalue weighted by Crippen LogP contribution is -2.03. The number of nitrogens with one attached hydrogen (secondary N) is 1. The molecule has 1 N–H and O–H groups in total. The molecule has 0 aliphatic heterocycles. The number of anilines is 1. The fourth-order valence-corrected chi connectivity index (χ4v) is 3.50. The second kappa shape index (κ2) is 9.33. The normalized spacial score (nSPS) is 10.8. The summed E-state index contributed by atoms with van der Waals surface area (Å²) in [6.07, 6.45) is 3.14. The zero-order valence-corrected chi connectivity index (χ0v) is 17.9. The zero-order chi connectivity index (χ0) is 23.3. The molecule has 5 aromatic rings. The Balaban J connectivity index is 1.32. The van der Waals surface area contributed by atoms with E-state index in [9.17, 15) is 10.1 Å². The molecule has 5 rings (SSSR count). The Hall–Kier alpha value is -4.86. The highest BCUT2D eigenvalue weighted by Crippen LogP contribution is 2.26. The summed E-state index contributed by atoms with van der Waals surface area (Å²) in [5, 5.41) is 23.6. The van der Waals surface area contributed by atoms with Crippen molar-refractivity contribution in [3.8, 4) is 11.4 Å². The van der Waals surface area contributed by atoms with Crippen LogP contribution in [0.25, 0.3) is 16.6 Å². The minimum atomic E-state index is -0.451. The van der Waals surface area contributed by atoms with Crippen molar-refractivity contribution in [2.75, 3.05) is 5.32 Å². The molecule has 0 saturated carbocycles. The maximum Gasteiger partial charge on any atom is 0.294 e. The van der Waals surface area contributed by atoms with E-state index in [1.165, 1.54) is 17.1 Å². The van der Waals surface area contributed by atoms with Crippen LogP contribution in [0.4, 0.5) is 11.5 Å². The summed E-state index contributed by atoms with van der Waals surface area (Å²) in [7, 11) is 0. The van der Waals surface area contributed by atoms with Crippen LogP contribution in [0.1, 0.15) is 11.3 Å². The molecule has 0 bridgehead atoms. The average molecular weight is 453 g/mol. The van der Waals surface area contributed by atoms with Crippen LogP contribution in [0.5, 0.6) is 5.75 Å². The van der Waals surface area contributed by atoms with E-state index in [4.69, 9.17) is 4.74 Å². The van der Waals surface area contributed by atoms with Crippen LogP contribution in [-0.4, -0.2) is 29.9 Å². The highest BCUT2D eigenvalue weighted by atomic mass is 16.6. The van der Waals surface area contributed by atoms with Crippen molar-refractivity contribution < 1.29 is 9.66 Å². The van der Waals surface area contributed by atoms with Crippen LogP contribution in [-0.2, 0) is 13.2 Å². The third kappa shape index (κ3) is 4.51. The molecule has 0 aliphatic carbocycles. The van der Waals surface area contributed by atoms with Gasteiger partial charge in [0.05, 0.1) is 16.6 Å². The van der Waals surface area contributed by atoms with Crippen LogP contribution >= 0.6 is 0 Å². The van der Waals surface area contributed by atoms with Gasteiger partial charge in [-0.15, -0.1) is 5.10 Å². The highest BCUT2D eigenvalue weighted by Gasteiger charge is 2.16. The molecule has 0 amide bonds. The zero-order valence-electron chi connectivity index (χ0n) is 17.9. The summed E-state index contributed by atoms with van der Waals surface area (Å²) in [5.74, 6) is 1.33. The van der Waals surface area contributed by atoms with Crippen molar-refractivity contribution in [2.24, 2.45) is 0 Å². The van der Waals surface area contributed by atoms with E-state index in [2.05, 4.69) is 25.6 Å². The molecule has 0 spiro atoms. The van der Waals surface area contributed by atoms with Crippen LogP contribution in [0, 0.1) is 10.1 Å². The van der Waals surface area contributed by atoms with Crippen LogP contribution < -0.4 is 10.1 Å². The molecule has 3 aromatic carbocycles. The number of nitro groups is 1. The third-order valence-corrected chi connectivity index (χ3v) is 5.16. The van der Waals surface area contributed by atoms with E-state index < -0.39 is 4.92 Å². The number of aromatic nitrogens is 5. The number of ether oxygens (including phenoxy) is 1. The Morgan fingerprint density at radius 3 is 2.68 bits per heavy atom. The first-order chi connectivity index (χ1) is 16.7. The Kier molecular flexibility index (Phi) is 5.76. The Labute approximate surface area is 194 Å². The van der Waals surface area contributed by atoms with Gasteiger partial charge in [-0.25, -0.2) is 14.6 Å². The van der Waals surface area contributed by atoms with E-state index in [0.717, 1.165) is 16.5 Å². The summed E-state index contributed by atoms with van der Waals surface area (Å²) in [5.41, 5.74) is 2.75. The van der Waals surface area contributed by atoms with Gasteiger partial charge in [0, 0.05) is 18.0 Å². The minimum Gasteiger partial charge on any atom is -0.487 e. The second-order valence-electron chi connectivity index (χ2n) is 7.43. The minimum absolute atomic E-state index is 0.0510. The number of hydrogen-bond acceptors (Lipinski definition) is 8. The van der Waals surface area contributed by atoms with Crippen LogP contribution in [0.2, 0.25) is 0 Å². The molecule has 0 atom stereocenters. The molecule has 34 heavy (non-hydrogen) atoms. The smallest absolute Gasteiger partial charge is 0.294 e. The quantitative estimate of drug-likeness (QED) is 0.273. The summed E-state index contributed by atoms with van der Waals surface area (Å²) in [4.78, 5) is 19.5. The molecule has 0 saturated heterocycles. The van der Waals surface area contributed by atoms with E-state index in [0.29, 0.717) is 29.5 Å².